The van der Waals surface area contributed by atoms with Crippen LogP contribution < -0.4 is 5.32 Å². The third kappa shape index (κ3) is 4.78. The first-order valence-corrected chi connectivity index (χ1v) is 9.85. The smallest absolute Gasteiger partial charge is 0.312 e. The quantitative estimate of drug-likeness (QED) is 0.638. The first-order chi connectivity index (χ1) is 13.1. The Morgan fingerprint density at radius 1 is 1.30 bits per heavy atom. The Hall–Kier alpha value is -3.02. The van der Waals surface area contributed by atoms with Crippen LogP contribution in [0, 0.1) is 11.3 Å². The molecule has 1 aromatic carbocycles. The summed E-state index contributed by atoms with van der Waals surface area (Å²) < 4.78 is 5.19. The number of nitriles is 1. The van der Waals surface area contributed by atoms with Crippen molar-refractivity contribution in [3.63, 3.8) is 0 Å². The number of nitrogens with one attached hydrogen (secondary N) is 1. The second-order valence-electron chi connectivity index (χ2n) is 5.61. The summed E-state index contributed by atoms with van der Waals surface area (Å²) in [6, 6.07) is 10.6. The zero-order valence-corrected chi connectivity index (χ0v) is 16.0. The van der Waals surface area contributed by atoms with Gasteiger partial charge in [-0.25, -0.2) is 4.98 Å². The minimum atomic E-state index is -0.987. The molecule has 0 saturated heterocycles. The zero-order valence-electron chi connectivity index (χ0n) is 14.3. The third-order valence-electron chi connectivity index (χ3n) is 3.63. The molecule has 27 heavy (non-hydrogen) atoms. The molecule has 8 heteroatoms. The average Bonchev–Trinajstić information content (AvgIpc) is 3.33. The highest BCUT2D eigenvalue weighted by Crippen LogP contribution is 2.26. The van der Waals surface area contributed by atoms with Crippen molar-refractivity contribution in [2.75, 3.05) is 5.32 Å². The minimum Gasteiger partial charge on any atom is -0.452 e. The van der Waals surface area contributed by atoms with Crippen LogP contribution in [0.5, 0.6) is 0 Å². The summed E-state index contributed by atoms with van der Waals surface area (Å²) in [6.07, 6.45) is -0.994. The summed E-state index contributed by atoms with van der Waals surface area (Å²) in [7, 11) is 0. The number of carbonyl (C=O) groups is 2. The van der Waals surface area contributed by atoms with E-state index in [1.54, 1.807) is 35.6 Å². The van der Waals surface area contributed by atoms with Crippen LogP contribution in [0.1, 0.15) is 18.2 Å². The number of anilines is 1. The summed E-state index contributed by atoms with van der Waals surface area (Å²) >= 11 is 3.04. The van der Waals surface area contributed by atoms with Crippen molar-refractivity contribution in [2.24, 2.45) is 0 Å². The minimum absolute atomic E-state index is 0.00691. The molecule has 0 bridgehead atoms. The lowest BCUT2D eigenvalue weighted by Crippen LogP contribution is -2.30. The van der Waals surface area contributed by atoms with Gasteiger partial charge in [0.15, 0.2) is 6.10 Å². The molecule has 0 aliphatic rings. The average molecular weight is 397 g/mol. The molecule has 136 valence electrons. The van der Waals surface area contributed by atoms with E-state index in [0.29, 0.717) is 16.9 Å². The molecule has 0 fully saturated rings. The molecule has 3 rings (SSSR count). The van der Waals surface area contributed by atoms with E-state index in [1.807, 2.05) is 28.3 Å². The fourth-order valence-corrected chi connectivity index (χ4v) is 3.80. The van der Waals surface area contributed by atoms with Crippen LogP contribution in [0.25, 0.3) is 10.6 Å². The van der Waals surface area contributed by atoms with Crippen molar-refractivity contribution in [3.8, 4) is 16.6 Å². The maximum absolute atomic E-state index is 12.2. The highest BCUT2D eigenvalue weighted by Gasteiger charge is 2.20. The second-order valence-corrected chi connectivity index (χ2v) is 7.25. The van der Waals surface area contributed by atoms with Crippen molar-refractivity contribution in [2.45, 2.75) is 19.4 Å². The van der Waals surface area contributed by atoms with Gasteiger partial charge in [0.1, 0.15) is 11.1 Å². The maximum Gasteiger partial charge on any atom is 0.312 e. The van der Waals surface area contributed by atoms with Gasteiger partial charge in [-0.2, -0.15) is 16.6 Å². The van der Waals surface area contributed by atoms with E-state index in [1.165, 1.54) is 18.3 Å². The van der Waals surface area contributed by atoms with Crippen LogP contribution in [0.2, 0.25) is 0 Å². The molecule has 0 spiro atoms. The lowest BCUT2D eigenvalue weighted by molar-refractivity contribution is -0.152. The first-order valence-electron chi connectivity index (χ1n) is 8.03. The maximum atomic E-state index is 12.2. The molecular weight excluding hydrogens is 382 g/mol. The first kappa shape index (κ1) is 18.8. The Morgan fingerprint density at radius 2 is 2.11 bits per heavy atom. The Kier molecular flexibility index (Phi) is 5.96. The molecule has 1 N–H and O–H groups in total. The summed E-state index contributed by atoms with van der Waals surface area (Å²) in [6.45, 7) is 1.49. The number of hydrogen-bond acceptors (Lipinski definition) is 7. The number of hydrogen-bond donors (Lipinski definition) is 1. The fourth-order valence-electron chi connectivity index (χ4n) is 2.27. The molecule has 1 amide bonds. The van der Waals surface area contributed by atoms with Crippen molar-refractivity contribution in [3.05, 3.63) is 57.7 Å². The van der Waals surface area contributed by atoms with E-state index in [-0.39, 0.29) is 6.42 Å². The molecule has 0 unspecified atom stereocenters. The number of amides is 1. The van der Waals surface area contributed by atoms with Gasteiger partial charge < -0.3 is 10.1 Å². The van der Waals surface area contributed by atoms with Crippen molar-refractivity contribution < 1.29 is 14.3 Å². The molecule has 0 aliphatic carbocycles. The standard InChI is InChI=1S/C19H15N3O3S2/c1-12(18(24)22-16-5-3-2-4-13(16)9-20)25-17(23)8-15-11-27-19(21-15)14-6-7-26-10-14/h2-7,10-12H,8H2,1H3,(H,22,24)/t12-/m1/s1. The van der Waals surface area contributed by atoms with Crippen LogP contribution in [-0.4, -0.2) is 23.0 Å². The molecule has 0 saturated carbocycles. The number of esters is 1. The predicted octanol–water partition coefficient (Wildman–Crippen LogP) is 3.86. The SMILES string of the molecule is C[C@@H](OC(=O)Cc1csc(-c2ccsc2)n1)C(=O)Nc1ccccc1C#N. The number of rotatable bonds is 6. The lowest BCUT2D eigenvalue weighted by Gasteiger charge is -2.13. The monoisotopic (exact) mass is 397 g/mol. The molecule has 0 aliphatic heterocycles. The molecular formula is C19H15N3O3S2. The normalized spacial score (nSPS) is 11.4. The van der Waals surface area contributed by atoms with Crippen LogP contribution in [-0.2, 0) is 20.7 Å². The summed E-state index contributed by atoms with van der Waals surface area (Å²) in [5.74, 6) is -1.03. The van der Waals surface area contributed by atoms with Gasteiger partial charge in [0.2, 0.25) is 0 Å². The van der Waals surface area contributed by atoms with Crippen LogP contribution >= 0.6 is 22.7 Å². The van der Waals surface area contributed by atoms with Crippen molar-refractivity contribution in [1.82, 2.24) is 4.98 Å². The molecule has 2 aromatic heterocycles. The third-order valence-corrected chi connectivity index (χ3v) is 5.25. The summed E-state index contributed by atoms with van der Waals surface area (Å²) in [5, 5.41) is 18.3. The van der Waals surface area contributed by atoms with Gasteiger partial charge in [-0.1, -0.05) is 12.1 Å². The number of thiophene rings is 1. The highest BCUT2D eigenvalue weighted by atomic mass is 32.1. The molecule has 1 atom stereocenters. The topological polar surface area (TPSA) is 92.1 Å². The van der Waals surface area contributed by atoms with Crippen LogP contribution in [0.15, 0.2) is 46.5 Å². The summed E-state index contributed by atoms with van der Waals surface area (Å²) in [4.78, 5) is 28.8. The zero-order chi connectivity index (χ0) is 19.2. The van der Waals surface area contributed by atoms with E-state index in [0.717, 1.165) is 10.6 Å². The van der Waals surface area contributed by atoms with E-state index in [9.17, 15) is 9.59 Å². The fraction of sp³-hybridized carbons (Fsp3) is 0.158. The summed E-state index contributed by atoms with van der Waals surface area (Å²) in [5.41, 5.74) is 2.35. The molecule has 0 radical (unpaired) electrons. The highest BCUT2D eigenvalue weighted by molar-refractivity contribution is 7.14. The van der Waals surface area contributed by atoms with Gasteiger partial charge in [-0.15, -0.1) is 11.3 Å². The van der Waals surface area contributed by atoms with E-state index in [2.05, 4.69) is 10.3 Å². The molecule has 6 nitrogen and oxygen atoms in total. The number of thiazole rings is 1. The molecule has 2 heterocycles. The van der Waals surface area contributed by atoms with Gasteiger partial charge in [-0.05, 0) is 30.5 Å². The number of benzene rings is 1. The van der Waals surface area contributed by atoms with E-state index < -0.39 is 18.0 Å². The van der Waals surface area contributed by atoms with Crippen molar-refractivity contribution >= 4 is 40.2 Å². The Labute approximate surface area is 164 Å². The van der Waals surface area contributed by atoms with Gasteiger partial charge in [0.25, 0.3) is 5.91 Å². The van der Waals surface area contributed by atoms with Crippen molar-refractivity contribution in [1.29, 1.82) is 5.26 Å². The van der Waals surface area contributed by atoms with Crippen LogP contribution in [0.3, 0.4) is 0 Å². The van der Waals surface area contributed by atoms with E-state index in [4.69, 9.17) is 10.00 Å². The Bertz CT molecular complexity index is 990. The van der Waals surface area contributed by atoms with Gasteiger partial charge >= 0.3 is 5.97 Å². The number of para-hydroxylation sites is 1. The Balaban J connectivity index is 1.56. The largest absolute Gasteiger partial charge is 0.452 e. The number of nitrogens with zero attached hydrogens (tertiary/aromatic N) is 2. The van der Waals surface area contributed by atoms with E-state index >= 15 is 0 Å². The number of carbonyl (C=O) groups excluding carboxylic acids is 2. The van der Waals surface area contributed by atoms with Gasteiger partial charge in [-0.3, -0.25) is 9.59 Å². The second kappa shape index (κ2) is 8.58. The van der Waals surface area contributed by atoms with Gasteiger partial charge in [0.05, 0.1) is 23.4 Å². The van der Waals surface area contributed by atoms with Crippen LogP contribution in [0.4, 0.5) is 5.69 Å². The number of aromatic nitrogens is 1. The van der Waals surface area contributed by atoms with Gasteiger partial charge in [0, 0.05) is 16.3 Å². The lowest BCUT2D eigenvalue weighted by atomic mass is 10.2. The Morgan fingerprint density at radius 3 is 2.85 bits per heavy atom. The number of ether oxygens (including phenoxy) is 1. The molecule has 3 aromatic rings. The predicted molar refractivity (Wildman–Crippen MR) is 104 cm³/mol.